The van der Waals surface area contributed by atoms with E-state index in [1.54, 1.807) is 0 Å². The molecule has 86 valence electrons. The molecule has 0 aromatic heterocycles. The van der Waals surface area contributed by atoms with Crippen LogP contribution in [0.15, 0.2) is 40.9 Å². The normalized spacial score (nSPS) is 23.9. The van der Waals surface area contributed by atoms with E-state index in [4.69, 9.17) is 0 Å². The fourth-order valence-corrected chi connectivity index (χ4v) is 4.85. The molecule has 0 saturated carbocycles. The van der Waals surface area contributed by atoms with Gasteiger partial charge in [0.1, 0.15) is 0 Å². The maximum atomic E-state index is 9.83. The number of hydrogen-bond acceptors (Lipinski definition) is 1. The first kappa shape index (κ1) is 11.9. The molecule has 1 N–H and O–H groups in total. The second kappa shape index (κ2) is 4.75. The minimum absolute atomic E-state index is 0.246. The van der Waals surface area contributed by atoms with Gasteiger partial charge in [0.15, 0.2) is 0 Å². The van der Waals surface area contributed by atoms with Crippen molar-refractivity contribution in [2.45, 2.75) is 32.8 Å². The molecule has 1 atom stereocenters. The van der Waals surface area contributed by atoms with Crippen molar-refractivity contribution in [3.8, 4) is 0 Å². The van der Waals surface area contributed by atoms with Gasteiger partial charge in [-0.15, -0.1) is 0 Å². The molecule has 1 nitrogen and oxygen atoms in total. The second-order valence-electron chi connectivity index (χ2n) is 5.16. The van der Waals surface area contributed by atoms with Gasteiger partial charge in [-0.3, -0.25) is 0 Å². The Hall–Kier alpha value is -0.561. The molecule has 1 aliphatic carbocycles. The van der Waals surface area contributed by atoms with E-state index in [1.807, 2.05) is 6.07 Å². The summed E-state index contributed by atoms with van der Waals surface area (Å²) >= 11 is 0.375. The Morgan fingerprint density at radius 2 is 1.94 bits per heavy atom. The van der Waals surface area contributed by atoms with Gasteiger partial charge in [0.05, 0.1) is 0 Å². The molecule has 0 spiro atoms. The van der Waals surface area contributed by atoms with Crippen LogP contribution in [0.1, 0.15) is 26.7 Å². The predicted molar refractivity (Wildman–Crippen MR) is 68.9 cm³/mol. The summed E-state index contributed by atoms with van der Waals surface area (Å²) < 4.78 is 2.83. The van der Waals surface area contributed by atoms with Gasteiger partial charge in [-0.2, -0.15) is 0 Å². The Morgan fingerprint density at radius 1 is 1.25 bits per heavy atom. The molecule has 0 radical (unpaired) electrons. The summed E-state index contributed by atoms with van der Waals surface area (Å²) in [5.74, 6) is 0. The molecule has 1 aliphatic rings. The zero-order valence-electron chi connectivity index (χ0n) is 9.81. The monoisotopic (exact) mass is 282 g/mol. The molecule has 0 fully saturated rings. The Labute approximate surface area is 104 Å². The third-order valence-electron chi connectivity index (χ3n) is 2.78. The van der Waals surface area contributed by atoms with Gasteiger partial charge in [-0.25, -0.2) is 0 Å². The van der Waals surface area contributed by atoms with Crippen LogP contribution in [-0.2, 0) is 0 Å². The van der Waals surface area contributed by atoms with Gasteiger partial charge in [-0.05, 0) is 0 Å². The molecule has 0 aliphatic heterocycles. The number of rotatable bonds is 2. The number of aliphatic hydroxyl groups is 1. The second-order valence-corrected chi connectivity index (χ2v) is 7.68. The standard InChI is InChI=1S/C14H18OSe/c1-14(2)9-11(15)8-13(10-14)16-12-6-4-3-5-7-12/h3-8,11,15H,9-10H2,1-2H3. The van der Waals surface area contributed by atoms with E-state index in [-0.39, 0.29) is 11.5 Å². The topological polar surface area (TPSA) is 20.2 Å². The van der Waals surface area contributed by atoms with Crippen LogP contribution in [0.2, 0.25) is 0 Å². The van der Waals surface area contributed by atoms with Gasteiger partial charge in [0, 0.05) is 0 Å². The summed E-state index contributed by atoms with van der Waals surface area (Å²) in [6.45, 7) is 4.48. The Kier molecular flexibility index (Phi) is 3.53. The van der Waals surface area contributed by atoms with Gasteiger partial charge < -0.3 is 0 Å². The summed E-state index contributed by atoms with van der Waals surface area (Å²) in [6.07, 6.45) is 3.84. The quantitative estimate of drug-likeness (QED) is 0.823. The Bertz CT molecular complexity index is 381. The predicted octanol–water partition coefficient (Wildman–Crippen LogP) is 2.08. The van der Waals surface area contributed by atoms with Gasteiger partial charge >= 0.3 is 104 Å². The van der Waals surface area contributed by atoms with Crippen LogP contribution in [0.3, 0.4) is 0 Å². The molecular formula is C14H18OSe. The molecule has 0 bridgehead atoms. The summed E-state index contributed by atoms with van der Waals surface area (Å²) in [7, 11) is 0. The molecule has 0 saturated heterocycles. The molecule has 1 aromatic rings. The zero-order chi connectivity index (χ0) is 11.6. The van der Waals surface area contributed by atoms with E-state index in [1.165, 1.54) is 8.93 Å². The van der Waals surface area contributed by atoms with Crippen LogP contribution < -0.4 is 4.46 Å². The fraction of sp³-hybridized carbons (Fsp3) is 0.429. The molecule has 16 heavy (non-hydrogen) atoms. The van der Waals surface area contributed by atoms with Crippen molar-refractivity contribution in [3.05, 3.63) is 40.9 Å². The number of hydrogen-bond donors (Lipinski definition) is 1. The first-order valence-electron chi connectivity index (χ1n) is 5.67. The van der Waals surface area contributed by atoms with Gasteiger partial charge in [0.2, 0.25) is 0 Å². The van der Waals surface area contributed by atoms with Crippen molar-refractivity contribution in [2.75, 3.05) is 0 Å². The third kappa shape index (κ3) is 3.21. The number of benzene rings is 1. The van der Waals surface area contributed by atoms with Crippen molar-refractivity contribution in [2.24, 2.45) is 5.41 Å². The van der Waals surface area contributed by atoms with Crippen LogP contribution in [0, 0.1) is 5.41 Å². The van der Waals surface area contributed by atoms with Crippen LogP contribution >= 0.6 is 0 Å². The van der Waals surface area contributed by atoms with E-state index >= 15 is 0 Å². The van der Waals surface area contributed by atoms with Crippen LogP contribution in [-0.4, -0.2) is 26.2 Å². The third-order valence-corrected chi connectivity index (χ3v) is 4.99. The first-order valence-corrected chi connectivity index (χ1v) is 7.38. The van der Waals surface area contributed by atoms with Crippen LogP contribution in [0.5, 0.6) is 0 Å². The first-order chi connectivity index (χ1) is 7.55. The van der Waals surface area contributed by atoms with E-state index in [9.17, 15) is 5.11 Å². The minimum atomic E-state index is -0.246. The molecule has 0 heterocycles. The summed E-state index contributed by atoms with van der Waals surface area (Å²) in [6, 6.07) is 10.6. The molecule has 1 aromatic carbocycles. The van der Waals surface area contributed by atoms with Crippen molar-refractivity contribution in [1.29, 1.82) is 0 Å². The summed E-state index contributed by atoms with van der Waals surface area (Å²) in [5, 5.41) is 9.83. The summed E-state index contributed by atoms with van der Waals surface area (Å²) in [4.78, 5) is 0. The average Bonchev–Trinajstić information content (AvgIpc) is 2.15. The van der Waals surface area contributed by atoms with Crippen molar-refractivity contribution >= 4 is 19.4 Å². The van der Waals surface area contributed by atoms with Crippen LogP contribution in [0.4, 0.5) is 0 Å². The molecular weight excluding hydrogens is 263 g/mol. The van der Waals surface area contributed by atoms with Crippen molar-refractivity contribution in [3.63, 3.8) is 0 Å². The molecule has 2 rings (SSSR count). The molecule has 2 heteroatoms. The van der Waals surface area contributed by atoms with E-state index < -0.39 is 0 Å². The SMILES string of the molecule is CC1(C)CC([Se]c2ccccc2)=CC(O)C1. The van der Waals surface area contributed by atoms with Crippen molar-refractivity contribution < 1.29 is 5.11 Å². The van der Waals surface area contributed by atoms with E-state index in [2.05, 4.69) is 44.2 Å². The van der Waals surface area contributed by atoms with Crippen LogP contribution in [0.25, 0.3) is 0 Å². The maximum absolute atomic E-state index is 9.83. The van der Waals surface area contributed by atoms with Gasteiger partial charge in [0.25, 0.3) is 0 Å². The molecule has 1 unspecified atom stereocenters. The fourth-order valence-electron chi connectivity index (χ4n) is 2.15. The van der Waals surface area contributed by atoms with E-state index in [0.717, 1.165) is 12.8 Å². The summed E-state index contributed by atoms with van der Waals surface area (Å²) in [5.41, 5.74) is 0.250. The zero-order valence-corrected chi connectivity index (χ0v) is 11.5. The average molecular weight is 281 g/mol. The Balaban J connectivity index is 2.11. The van der Waals surface area contributed by atoms with E-state index in [0.29, 0.717) is 15.0 Å². The number of allylic oxidation sites excluding steroid dienone is 1. The Morgan fingerprint density at radius 3 is 2.56 bits per heavy atom. The molecule has 0 amide bonds. The number of aliphatic hydroxyl groups excluding tert-OH is 1. The van der Waals surface area contributed by atoms with Gasteiger partial charge in [-0.1, -0.05) is 0 Å². The van der Waals surface area contributed by atoms with Crippen molar-refractivity contribution in [1.82, 2.24) is 0 Å².